The minimum absolute atomic E-state index is 0.232. The number of hydrogen-bond donors (Lipinski definition) is 1. The first kappa shape index (κ1) is 15.1. The molecule has 0 saturated carbocycles. The molecule has 2 atom stereocenters. The van der Waals surface area contributed by atoms with Crippen molar-refractivity contribution in [1.29, 1.82) is 0 Å². The van der Waals surface area contributed by atoms with E-state index in [1.165, 1.54) is 12.0 Å². The van der Waals surface area contributed by atoms with Crippen molar-refractivity contribution in [3.8, 4) is 0 Å². The van der Waals surface area contributed by atoms with E-state index < -0.39 is 0 Å². The molecule has 2 aliphatic heterocycles. The van der Waals surface area contributed by atoms with Gasteiger partial charge in [0.1, 0.15) is 6.54 Å². The lowest BCUT2D eigenvalue weighted by atomic mass is 10.1. The Morgan fingerprint density at radius 2 is 1.95 bits per heavy atom. The molecule has 1 aromatic carbocycles. The Hall–Kier alpha value is -1.86. The number of nitrogens with one attached hydrogen (secondary N) is 1. The van der Waals surface area contributed by atoms with Crippen LogP contribution in [-0.4, -0.2) is 60.6 Å². The molecule has 7 heteroatoms. The van der Waals surface area contributed by atoms with Gasteiger partial charge in [0.05, 0.1) is 24.8 Å². The van der Waals surface area contributed by atoms with Gasteiger partial charge in [0.25, 0.3) is 11.8 Å². The summed E-state index contributed by atoms with van der Waals surface area (Å²) >= 11 is 1.56. The Morgan fingerprint density at radius 1 is 1.32 bits per heavy atom. The molecule has 2 aliphatic rings. The van der Waals surface area contributed by atoms with Crippen molar-refractivity contribution in [2.45, 2.75) is 5.25 Å². The average Bonchev–Trinajstić information content (AvgIpc) is 2.80. The Bertz CT molecular complexity index is 599. The van der Waals surface area contributed by atoms with Crippen molar-refractivity contribution in [2.75, 3.05) is 32.6 Å². The van der Waals surface area contributed by atoms with Crippen LogP contribution in [-0.2, 0) is 9.53 Å². The summed E-state index contributed by atoms with van der Waals surface area (Å²) in [6.45, 7) is 1.66. The molecule has 6 nitrogen and oxygen atoms in total. The number of hydrogen-bond acceptors (Lipinski definition) is 5. The van der Waals surface area contributed by atoms with Gasteiger partial charge in [-0.05, 0) is 12.1 Å². The van der Waals surface area contributed by atoms with E-state index in [4.69, 9.17) is 4.74 Å². The van der Waals surface area contributed by atoms with Crippen molar-refractivity contribution in [3.63, 3.8) is 0 Å². The molecule has 0 radical (unpaired) electrons. The number of ether oxygens (including phenoxy) is 1. The van der Waals surface area contributed by atoms with Gasteiger partial charge in [-0.1, -0.05) is 12.1 Å². The van der Waals surface area contributed by atoms with Gasteiger partial charge in [-0.3, -0.25) is 14.4 Å². The Morgan fingerprint density at radius 3 is 2.55 bits per heavy atom. The minimum atomic E-state index is -0.249. The molecule has 1 saturated heterocycles. The van der Waals surface area contributed by atoms with Crippen LogP contribution in [0.25, 0.3) is 0 Å². The van der Waals surface area contributed by atoms with E-state index in [2.05, 4.69) is 0 Å². The lowest BCUT2D eigenvalue weighted by Gasteiger charge is -2.30. The first-order valence-electron chi connectivity index (χ1n) is 7.10. The number of nitrogens with zero attached hydrogens (tertiary/aromatic N) is 1. The van der Waals surface area contributed by atoms with Gasteiger partial charge in [-0.15, -0.1) is 11.8 Å². The summed E-state index contributed by atoms with van der Waals surface area (Å²) in [5.41, 5.74) is 0.922. The summed E-state index contributed by atoms with van der Waals surface area (Å²) in [7, 11) is 1.38. The van der Waals surface area contributed by atoms with Crippen molar-refractivity contribution >= 4 is 29.5 Å². The molecule has 1 unspecified atom stereocenters. The number of carbonyl (C=O) groups excluding carboxylic acids is 3. The fourth-order valence-electron chi connectivity index (χ4n) is 2.80. The molecule has 0 aliphatic carbocycles. The topological polar surface area (TPSA) is 68.1 Å². The number of benzene rings is 1. The minimum Gasteiger partial charge on any atom is -0.468 e. The molecule has 1 fully saturated rings. The van der Waals surface area contributed by atoms with E-state index in [-0.39, 0.29) is 23.0 Å². The Balaban J connectivity index is 1.71. The lowest BCUT2D eigenvalue weighted by molar-refractivity contribution is -0.904. The molecular formula is C15H17N2O4S+. The standard InChI is InChI=1S/C15H16N2O4S/c1-21-15(20)12-8-16(6-7-22-12)9-17-13(18)10-4-2-3-5-11(10)14(17)19/h2-5,12H,6-9H2,1H3/p+1/t12-/m1/s1. The van der Waals surface area contributed by atoms with Crippen LogP contribution in [0.5, 0.6) is 0 Å². The summed E-state index contributed by atoms with van der Waals surface area (Å²) in [6, 6.07) is 6.86. The SMILES string of the molecule is COC(=O)[C@H]1C[NH+](CN2C(=O)c3ccccc3C2=O)CCS1. The second-order valence-electron chi connectivity index (χ2n) is 5.33. The number of imide groups is 1. The molecule has 116 valence electrons. The van der Waals surface area contributed by atoms with Crippen molar-refractivity contribution in [3.05, 3.63) is 35.4 Å². The van der Waals surface area contributed by atoms with E-state index in [9.17, 15) is 14.4 Å². The number of quaternary nitrogens is 1. The summed E-state index contributed by atoms with van der Waals surface area (Å²) in [4.78, 5) is 38.7. The summed E-state index contributed by atoms with van der Waals surface area (Å²) < 4.78 is 4.78. The highest BCUT2D eigenvalue weighted by atomic mass is 32.2. The second-order valence-corrected chi connectivity index (χ2v) is 6.64. The number of amides is 2. The van der Waals surface area contributed by atoms with E-state index in [0.717, 1.165) is 17.2 Å². The highest BCUT2D eigenvalue weighted by molar-refractivity contribution is 8.00. The Kier molecular flexibility index (Phi) is 4.17. The second kappa shape index (κ2) is 6.10. The summed E-state index contributed by atoms with van der Waals surface area (Å²) in [5, 5.41) is -0.232. The zero-order valence-electron chi connectivity index (χ0n) is 12.2. The van der Waals surface area contributed by atoms with E-state index in [1.807, 2.05) is 0 Å². The summed E-state index contributed by atoms with van der Waals surface area (Å²) in [5.74, 6) is 0.0598. The van der Waals surface area contributed by atoms with Gasteiger partial charge in [-0.2, -0.15) is 0 Å². The third-order valence-corrected chi connectivity index (χ3v) is 5.17. The van der Waals surface area contributed by atoms with Crippen LogP contribution in [0.2, 0.25) is 0 Å². The van der Waals surface area contributed by atoms with Crippen LogP contribution in [0.1, 0.15) is 20.7 Å². The fourth-order valence-corrected chi connectivity index (χ4v) is 4.08. The van der Waals surface area contributed by atoms with Gasteiger partial charge in [0, 0.05) is 5.75 Å². The van der Waals surface area contributed by atoms with Crippen molar-refractivity contribution in [1.82, 2.24) is 4.90 Å². The fraction of sp³-hybridized carbons (Fsp3) is 0.400. The van der Waals surface area contributed by atoms with E-state index in [1.54, 1.807) is 36.0 Å². The maximum absolute atomic E-state index is 12.3. The molecule has 0 aromatic heterocycles. The maximum atomic E-state index is 12.3. The predicted molar refractivity (Wildman–Crippen MR) is 80.8 cm³/mol. The van der Waals surface area contributed by atoms with Gasteiger partial charge >= 0.3 is 5.97 Å². The first-order chi connectivity index (χ1) is 10.6. The van der Waals surface area contributed by atoms with Crippen LogP contribution in [0.3, 0.4) is 0 Å². The molecule has 2 amide bonds. The zero-order valence-corrected chi connectivity index (χ0v) is 13.0. The van der Waals surface area contributed by atoms with Crippen molar-refractivity contribution < 1.29 is 24.0 Å². The number of rotatable bonds is 3. The number of thioether (sulfide) groups is 1. The van der Waals surface area contributed by atoms with E-state index in [0.29, 0.717) is 24.3 Å². The van der Waals surface area contributed by atoms with Gasteiger partial charge in [0.2, 0.25) is 0 Å². The smallest absolute Gasteiger partial charge is 0.324 e. The number of carbonyl (C=O) groups is 3. The zero-order chi connectivity index (χ0) is 15.7. The normalized spacial score (nSPS) is 24.3. The van der Waals surface area contributed by atoms with Crippen LogP contribution in [0.4, 0.5) is 0 Å². The highest BCUT2D eigenvalue weighted by Gasteiger charge is 2.39. The first-order valence-corrected chi connectivity index (χ1v) is 8.15. The van der Waals surface area contributed by atoms with Crippen LogP contribution in [0, 0.1) is 0 Å². The largest absolute Gasteiger partial charge is 0.468 e. The summed E-state index contributed by atoms with van der Waals surface area (Å²) in [6.07, 6.45) is 0. The van der Waals surface area contributed by atoms with E-state index >= 15 is 0 Å². The third kappa shape index (κ3) is 2.62. The predicted octanol–water partition coefficient (Wildman–Crippen LogP) is -0.587. The molecule has 2 heterocycles. The molecule has 0 spiro atoms. The third-order valence-electron chi connectivity index (χ3n) is 3.97. The van der Waals surface area contributed by atoms with Gasteiger partial charge in [0.15, 0.2) is 11.9 Å². The number of fused-ring (bicyclic) bond motifs is 1. The molecule has 3 rings (SSSR count). The average molecular weight is 321 g/mol. The molecular weight excluding hydrogens is 304 g/mol. The number of methoxy groups -OCH3 is 1. The van der Waals surface area contributed by atoms with Gasteiger partial charge < -0.3 is 9.64 Å². The molecule has 0 bridgehead atoms. The van der Waals surface area contributed by atoms with Crippen molar-refractivity contribution in [2.24, 2.45) is 0 Å². The lowest BCUT2D eigenvalue weighted by Crippen LogP contribution is -3.16. The monoisotopic (exact) mass is 321 g/mol. The molecule has 22 heavy (non-hydrogen) atoms. The van der Waals surface area contributed by atoms with Crippen LogP contribution < -0.4 is 4.90 Å². The number of esters is 1. The molecule has 1 N–H and O–H groups in total. The van der Waals surface area contributed by atoms with Gasteiger partial charge in [-0.25, -0.2) is 4.90 Å². The maximum Gasteiger partial charge on any atom is 0.324 e. The quantitative estimate of drug-likeness (QED) is 0.596. The Labute approximate surface area is 132 Å². The van der Waals surface area contributed by atoms with Crippen LogP contribution in [0.15, 0.2) is 24.3 Å². The molecule has 1 aromatic rings. The highest BCUT2D eigenvalue weighted by Crippen LogP contribution is 2.21. The van der Waals surface area contributed by atoms with Crippen LogP contribution >= 0.6 is 11.8 Å².